The van der Waals surface area contributed by atoms with Gasteiger partial charge in [-0.15, -0.1) is 11.3 Å². The van der Waals surface area contributed by atoms with Gasteiger partial charge in [0.1, 0.15) is 5.76 Å². The van der Waals surface area contributed by atoms with Gasteiger partial charge in [-0.25, -0.2) is 0 Å². The third-order valence-corrected chi connectivity index (χ3v) is 4.94. The van der Waals surface area contributed by atoms with E-state index in [0.717, 1.165) is 31.5 Å². The second-order valence-electron chi connectivity index (χ2n) is 4.60. The van der Waals surface area contributed by atoms with E-state index in [1.54, 1.807) is 11.3 Å². The van der Waals surface area contributed by atoms with Crippen molar-refractivity contribution in [1.82, 2.24) is 0 Å². The minimum Gasteiger partial charge on any atom is -0.454 e. The Labute approximate surface area is 125 Å². The van der Waals surface area contributed by atoms with Crippen LogP contribution in [0, 0.1) is 4.51 Å². The zero-order valence-corrected chi connectivity index (χ0v) is 12.1. The van der Waals surface area contributed by atoms with Crippen molar-refractivity contribution in [3.8, 4) is 11.3 Å². The monoisotopic (exact) mass is 294 g/mol. The minimum atomic E-state index is 0.826. The van der Waals surface area contributed by atoms with Gasteiger partial charge in [-0.1, -0.05) is 54.7 Å². The lowest BCUT2D eigenvalue weighted by Crippen LogP contribution is -1.77. The molecule has 3 heteroatoms. The van der Waals surface area contributed by atoms with Crippen LogP contribution in [0.2, 0.25) is 0 Å². The topological polar surface area (TPSA) is 13.1 Å². The lowest BCUT2D eigenvalue weighted by molar-refractivity contribution is 0.624. The molecule has 0 aliphatic carbocycles. The van der Waals surface area contributed by atoms with Crippen molar-refractivity contribution in [3.63, 3.8) is 0 Å². The third-order valence-electron chi connectivity index (χ3n) is 3.31. The maximum atomic E-state index is 6.13. The first kappa shape index (κ1) is 11.8. The first-order valence-electron chi connectivity index (χ1n) is 6.34. The Morgan fingerprint density at radius 3 is 2.50 bits per heavy atom. The molecule has 0 aliphatic rings. The fraction of sp³-hybridized carbons (Fsp3) is 0. The van der Waals surface area contributed by atoms with Gasteiger partial charge >= 0.3 is 0 Å². The maximum absolute atomic E-state index is 6.13. The molecule has 0 fully saturated rings. The summed E-state index contributed by atoms with van der Waals surface area (Å²) in [7, 11) is 0. The summed E-state index contributed by atoms with van der Waals surface area (Å²) in [5, 5.41) is 1.14. The summed E-state index contributed by atoms with van der Waals surface area (Å²) in [4.78, 5) is 0. The van der Waals surface area contributed by atoms with E-state index in [4.69, 9.17) is 16.6 Å². The summed E-state index contributed by atoms with van der Waals surface area (Å²) in [6.07, 6.45) is 0. The normalized spacial score (nSPS) is 11.2. The standard InChI is InChI=1S/C17H10OS2/c19-14-10-13(11-6-2-1-3-7-11)18-16-12-8-4-5-9-15(12)20-17(14)16/h1-10H. The molecule has 4 rings (SSSR count). The molecule has 0 atom stereocenters. The van der Waals surface area contributed by atoms with Crippen LogP contribution in [0.15, 0.2) is 65.1 Å². The second-order valence-corrected chi connectivity index (χ2v) is 6.09. The molecule has 1 nitrogen and oxygen atoms in total. The zero-order valence-electron chi connectivity index (χ0n) is 10.5. The number of rotatable bonds is 1. The van der Waals surface area contributed by atoms with Crippen molar-refractivity contribution < 1.29 is 4.42 Å². The van der Waals surface area contributed by atoms with Crippen molar-refractivity contribution in [1.29, 1.82) is 0 Å². The van der Waals surface area contributed by atoms with Crippen molar-refractivity contribution in [2.24, 2.45) is 0 Å². The fourth-order valence-corrected chi connectivity index (χ4v) is 3.72. The molecule has 2 aromatic carbocycles. The zero-order chi connectivity index (χ0) is 13.5. The Bertz CT molecular complexity index is 965. The quantitative estimate of drug-likeness (QED) is 0.397. The van der Waals surface area contributed by atoms with Gasteiger partial charge in [-0.05, 0) is 12.1 Å². The molecule has 4 aromatic rings. The van der Waals surface area contributed by atoms with E-state index < -0.39 is 0 Å². The van der Waals surface area contributed by atoms with Gasteiger partial charge in [0.2, 0.25) is 0 Å². The van der Waals surface area contributed by atoms with Crippen LogP contribution in [-0.4, -0.2) is 0 Å². The first-order chi connectivity index (χ1) is 9.83. The summed E-state index contributed by atoms with van der Waals surface area (Å²) < 4.78 is 9.25. The highest BCUT2D eigenvalue weighted by atomic mass is 32.1. The van der Waals surface area contributed by atoms with E-state index in [0.29, 0.717) is 0 Å². The molecule has 0 saturated heterocycles. The van der Waals surface area contributed by atoms with Gasteiger partial charge in [0.25, 0.3) is 0 Å². The molecule has 96 valence electrons. The second kappa shape index (κ2) is 4.54. The summed E-state index contributed by atoms with van der Waals surface area (Å²) >= 11 is 7.23. The SMILES string of the molecule is S=c1cc(-c2ccccc2)oc2c1sc1ccccc12. The lowest BCUT2D eigenvalue weighted by atomic mass is 10.1. The summed E-state index contributed by atoms with van der Waals surface area (Å²) in [6.45, 7) is 0. The molecule has 0 amide bonds. The van der Waals surface area contributed by atoms with Crippen LogP contribution in [-0.2, 0) is 0 Å². The van der Waals surface area contributed by atoms with Gasteiger partial charge in [0, 0.05) is 21.7 Å². The van der Waals surface area contributed by atoms with Crippen molar-refractivity contribution in [2.45, 2.75) is 0 Å². The highest BCUT2D eigenvalue weighted by Crippen LogP contribution is 2.37. The van der Waals surface area contributed by atoms with Crippen LogP contribution in [0.4, 0.5) is 0 Å². The number of fused-ring (bicyclic) bond motifs is 3. The maximum Gasteiger partial charge on any atom is 0.154 e. The Hall–Kier alpha value is -1.97. The highest BCUT2D eigenvalue weighted by Gasteiger charge is 2.10. The molecule has 0 saturated carbocycles. The smallest absolute Gasteiger partial charge is 0.154 e. The predicted octanol–water partition coefficient (Wildman–Crippen LogP) is 6.04. The molecule has 0 spiro atoms. The molecule has 20 heavy (non-hydrogen) atoms. The van der Waals surface area contributed by atoms with Gasteiger partial charge < -0.3 is 4.42 Å². The van der Waals surface area contributed by atoms with E-state index in [1.165, 1.54) is 4.70 Å². The van der Waals surface area contributed by atoms with Gasteiger partial charge in [0.05, 0.1) is 9.21 Å². The van der Waals surface area contributed by atoms with Crippen LogP contribution < -0.4 is 0 Å². The lowest BCUT2D eigenvalue weighted by Gasteiger charge is -2.01. The summed E-state index contributed by atoms with van der Waals surface area (Å²) in [6, 6.07) is 20.3. The van der Waals surface area contributed by atoms with E-state index >= 15 is 0 Å². The summed E-state index contributed by atoms with van der Waals surface area (Å²) in [5.74, 6) is 0.826. The third kappa shape index (κ3) is 1.79. The molecule has 0 bridgehead atoms. The highest BCUT2D eigenvalue weighted by molar-refractivity contribution is 7.72. The van der Waals surface area contributed by atoms with E-state index in [-0.39, 0.29) is 0 Å². The molecule has 2 heterocycles. The minimum absolute atomic E-state index is 0.826. The first-order valence-corrected chi connectivity index (χ1v) is 7.56. The van der Waals surface area contributed by atoms with Gasteiger partial charge in [0.15, 0.2) is 5.58 Å². The Kier molecular flexibility index (Phi) is 2.69. The largest absolute Gasteiger partial charge is 0.454 e. The average molecular weight is 294 g/mol. The van der Waals surface area contributed by atoms with Crippen molar-refractivity contribution in [3.05, 3.63) is 65.2 Å². The van der Waals surface area contributed by atoms with E-state index in [2.05, 4.69) is 12.1 Å². The molecule has 0 aliphatic heterocycles. The number of thiophene rings is 1. The van der Waals surface area contributed by atoms with E-state index in [1.807, 2.05) is 48.5 Å². The van der Waals surface area contributed by atoms with Gasteiger partial charge in [-0.3, -0.25) is 0 Å². The van der Waals surface area contributed by atoms with Crippen LogP contribution >= 0.6 is 23.6 Å². The Balaban J connectivity index is 2.11. The fourth-order valence-electron chi connectivity index (χ4n) is 2.35. The van der Waals surface area contributed by atoms with Crippen molar-refractivity contribution in [2.75, 3.05) is 0 Å². The van der Waals surface area contributed by atoms with Crippen LogP contribution in [0.5, 0.6) is 0 Å². The molecule has 2 aromatic heterocycles. The predicted molar refractivity (Wildman–Crippen MR) is 87.9 cm³/mol. The molecule has 0 unspecified atom stereocenters. The molecular weight excluding hydrogens is 284 g/mol. The Morgan fingerprint density at radius 1 is 0.900 bits per heavy atom. The van der Waals surface area contributed by atoms with Crippen molar-refractivity contribution >= 4 is 43.9 Å². The van der Waals surface area contributed by atoms with E-state index in [9.17, 15) is 0 Å². The molecular formula is C17H10OS2. The number of benzene rings is 2. The molecule has 0 N–H and O–H groups in total. The van der Waals surface area contributed by atoms with Crippen LogP contribution in [0.25, 0.3) is 31.7 Å². The number of hydrogen-bond donors (Lipinski definition) is 0. The Morgan fingerprint density at radius 2 is 1.65 bits per heavy atom. The van der Waals surface area contributed by atoms with Crippen LogP contribution in [0.1, 0.15) is 0 Å². The molecule has 0 radical (unpaired) electrons. The number of hydrogen-bond acceptors (Lipinski definition) is 3. The average Bonchev–Trinajstić information content (AvgIpc) is 2.88. The van der Waals surface area contributed by atoms with Crippen LogP contribution in [0.3, 0.4) is 0 Å². The summed E-state index contributed by atoms with van der Waals surface area (Å²) in [5.41, 5.74) is 1.95. The van der Waals surface area contributed by atoms with Gasteiger partial charge in [-0.2, -0.15) is 0 Å².